The van der Waals surface area contributed by atoms with Gasteiger partial charge >= 0.3 is 0 Å². The Morgan fingerprint density at radius 3 is 2.44 bits per heavy atom. The van der Waals surface area contributed by atoms with E-state index in [0.29, 0.717) is 52.3 Å². The number of hydrogen-bond donors (Lipinski definition) is 1. The Balaban J connectivity index is 1.85. The van der Waals surface area contributed by atoms with Gasteiger partial charge in [0.2, 0.25) is 5.88 Å². The van der Waals surface area contributed by atoms with Gasteiger partial charge in [0.15, 0.2) is 11.5 Å². The Morgan fingerprint density at radius 1 is 1.00 bits per heavy atom. The van der Waals surface area contributed by atoms with Crippen LogP contribution in [0.15, 0.2) is 41.2 Å². The summed E-state index contributed by atoms with van der Waals surface area (Å²) < 4.78 is 22.0. The SMILES string of the molecule is COc1cc(OC)c(-c2nc3c(c(=O)[nH]2)Cc2ccccc2O3)cc1OC. The lowest BCUT2D eigenvalue weighted by Gasteiger charge is -2.19. The van der Waals surface area contributed by atoms with E-state index in [4.69, 9.17) is 18.9 Å². The number of rotatable bonds is 4. The fourth-order valence-electron chi connectivity index (χ4n) is 3.10. The standard InChI is InChI=1S/C20H18N2O5/c1-24-15-10-17(26-3)16(25-2)9-12(15)18-21-19(23)13-8-11-6-4-5-7-14(11)27-20(13)22-18/h4-7,9-10H,8H2,1-3H3,(H,21,22,23). The first-order chi connectivity index (χ1) is 13.1. The Labute approximate surface area is 155 Å². The van der Waals surface area contributed by atoms with Crippen LogP contribution in [0, 0.1) is 0 Å². The zero-order valence-electron chi connectivity index (χ0n) is 15.2. The van der Waals surface area contributed by atoms with Gasteiger partial charge in [0.1, 0.15) is 17.3 Å². The van der Waals surface area contributed by atoms with Gasteiger partial charge in [-0.1, -0.05) is 18.2 Å². The molecule has 0 atom stereocenters. The Bertz CT molecular complexity index is 1070. The van der Waals surface area contributed by atoms with Crippen molar-refractivity contribution in [3.63, 3.8) is 0 Å². The molecule has 0 bridgehead atoms. The van der Waals surface area contributed by atoms with Crippen LogP contribution in [0.3, 0.4) is 0 Å². The van der Waals surface area contributed by atoms with Crippen molar-refractivity contribution in [1.29, 1.82) is 0 Å². The Hall–Kier alpha value is -3.48. The van der Waals surface area contributed by atoms with Gasteiger partial charge in [0.25, 0.3) is 5.56 Å². The van der Waals surface area contributed by atoms with E-state index in [-0.39, 0.29) is 5.56 Å². The molecule has 4 rings (SSSR count). The summed E-state index contributed by atoms with van der Waals surface area (Å²) in [4.78, 5) is 20.0. The third kappa shape index (κ3) is 2.87. The molecule has 1 aromatic heterocycles. The Kier molecular flexibility index (Phi) is 4.19. The van der Waals surface area contributed by atoms with Crippen molar-refractivity contribution in [2.24, 2.45) is 0 Å². The molecule has 2 aromatic carbocycles. The molecule has 0 aliphatic carbocycles. The largest absolute Gasteiger partial charge is 0.496 e. The maximum atomic E-state index is 12.7. The van der Waals surface area contributed by atoms with E-state index in [2.05, 4.69) is 9.97 Å². The van der Waals surface area contributed by atoms with Crippen LogP contribution >= 0.6 is 0 Å². The molecule has 0 radical (unpaired) electrons. The number of fused-ring (bicyclic) bond motifs is 2. The monoisotopic (exact) mass is 366 g/mol. The van der Waals surface area contributed by atoms with Crippen molar-refractivity contribution >= 4 is 0 Å². The van der Waals surface area contributed by atoms with Crippen LogP contribution in [-0.4, -0.2) is 31.3 Å². The summed E-state index contributed by atoms with van der Waals surface area (Å²) in [6.07, 6.45) is 0.469. The molecule has 7 nitrogen and oxygen atoms in total. The van der Waals surface area contributed by atoms with E-state index in [9.17, 15) is 4.79 Å². The van der Waals surface area contributed by atoms with E-state index in [1.54, 1.807) is 19.2 Å². The third-order valence-corrected chi connectivity index (χ3v) is 4.48. The fraction of sp³-hybridized carbons (Fsp3) is 0.200. The van der Waals surface area contributed by atoms with Crippen molar-refractivity contribution in [2.75, 3.05) is 21.3 Å². The van der Waals surface area contributed by atoms with E-state index in [1.807, 2.05) is 24.3 Å². The van der Waals surface area contributed by atoms with Gasteiger partial charge in [-0.05, 0) is 17.7 Å². The summed E-state index contributed by atoms with van der Waals surface area (Å²) in [5, 5.41) is 0. The lowest BCUT2D eigenvalue weighted by molar-refractivity contribution is 0.349. The molecule has 1 aliphatic heterocycles. The lowest BCUT2D eigenvalue weighted by atomic mass is 10.0. The number of nitrogens with one attached hydrogen (secondary N) is 1. The first-order valence-corrected chi connectivity index (χ1v) is 8.34. The van der Waals surface area contributed by atoms with Gasteiger partial charge in [-0.3, -0.25) is 4.79 Å². The second-order valence-electron chi connectivity index (χ2n) is 5.99. The van der Waals surface area contributed by atoms with Crippen molar-refractivity contribution < 1.29 is 18.9 Å². The molecule has 1 N–H and O–H groups in total. The predicted molar refractivity (Wildman–Crippen MR) is 99.3 cm³/mol. The first-order valence-electron chi connectivity index (χ1n) is 8.34. The summed E-state index contributed by atoms with van der Waals surface area (Å²) in [7, 11) is 4.62. The second kappa shape index (κ2) is 6.68. The normalized spacial score (nSPS) is 11.8. The molecule has 2 heterocycles. The molecule has 7 heteroatoms. The maximum absolute atomic E-state index is 12.7. The van der Waals surface area contributed by atoms with Crippen LogP contribution in [0.5, 0.6) is 28.9 Å². The van der Waals surface area contributed by atoms with Gasteiger partial charge in [0.05, 0.1) is 32.5 Å². The highest BCUT2D eigenvalue weighted by atomic mass is 16.5. The highest BCUT2D eigenvalue weighted by molar-refractivity contribution is 5.70. The molecule has 0 saturated heterocycles. The fourth-order valence-corrected chi connectivity index (χ4v) is 3.10. The van der Waals surface area contributed by atoms with Gasteiger partial charge in [-0.25, -0.2) is 0 Å². The molecule has 138 valence electrons. The molecule has 0 unspecified atom stereocenters. The Morgan fingerprint density at radius 2 is 1.70 bits per heavy atom. The summed E-state index contributed by atoms with van der Waals surface area (Å²) in [6.45, 7) is 0. The quantitative estimate of drug-likeness (QED) is 0.597. The van der Waals surface area contributed by atoms with Crippen LogP contribution in [0.2, 0.25) is 0 Å². The zero-order valence-corrected chi connectivity index (χ0v) is 15.2. The number of benzene rings is 2. The number of aromatic nitrogens is 2. The smallest absolute Gasteiger partial charge is 0.258 e. The van der Waals surface area contributed by atoms with E-state index < -0.39 is 0 Å². The minimum absolute atomic E-state index is 0.249. The van der Waals surface area contributed by atoms with Crippen molar-refractivity contribution in [2.45, 2.75) is 6.42 Å². The molecule has 0 spiro atoms. The van der Waals surface area contributed by atoms with E-state index in [0.717, 1.165) is 5.56 Å². The first kappa shape index (κ1) is 17.0. The van der Waals surface area contributed by atoms with Gasteiger partial charge in [-0.15, -0.1) is 0 Å². The average Bonchev–Trinajstić information content (AvgIpc) is 2.71. The number of para-hydroxylation sites is 1. The van der Waals surface area contributed by atoms with Crippen LogP contribution in [0.25, 0.3) is 11.4 Å². The minimum Gasteiger partial charge on any atom is -0.496 e. The number of H-pyrrole nitrogens is 1. The highest BCUT2D eigenvalue weighted by Crippen LogP contribution is 2.40. The summed E-state index contributed by atoms with van der Waals surface area (Å²) in [6, 6.07) is 11.0. The van der Waals surface area contributed by atoms with Crippen molar-refractivity contribution in [3.05, 3.63) is 57.9 Å². The molecule has 0 amide bonds. The summed E-state index contributed by atoms with van der Waals surface area (Å²) >= 11 is 0. The van der Waals surface area contributed by atoms with Gasteiger partial charge in [0, 0.05) is 12.5 Å². The van der Waals surface area contributed by atoms with Gasteiger partial charge in [-0.2, -0.15) is 4.98 Å². The van der Waals surface area contributed by atoms with Crippen LogP contribution in [0.4, 0.5) is 0 Å². The number of aromatic amines is 1. The van der Waals surface area contributed by atoms with E-state index in [1.165, 1.54) is 14.2 Å². The highest BCUT2D eigenvalue weighted by Gasteiger charge is 2.23. The third-order valence-electron chi connectivity index (χ3n) is 4.48. The molecular weight excluding hydrogens is 348 g/mol. The van der Waals surface area contributed by atoms with Gasteiger partial charge < -0.3 is 23.9 Å². The maximum Gasteiger partial charge on any atom is 0.258 e. The predicted octanol–water partition coefficient (Wildman–Crippen LogP) is 3.16. The minimum atomic E-state index is -0.249. The lowest BCUT2D eigenvalue weighted by Crippen LogP contribution is -2.20. The van der Waals surface area contributed by atoms with Crippen molar-refractivity contribution in [3.8, 4) is 40.3 Å². The molecule has 1 aliphatic rings. The number of nitrogens with zero attached hydrogens (tertiary/aromatic N) is 1. The molecular formula is C20H18N2O5. The average molecular weight is 366 g/mol. The van der Waals surface area contributed by atoms with Crippen LogP contribution in [-0.2, 0) is 6.42 Å². The van der Waals surface area contributed by atoms with E-state index >= 15 is 0 Å². The molecule has 0 fully saturated rings. The summed E-state index contributed by atoms with van der Waals surface area (Å²) in [5.41, 5.74) is 1.77. The second-order valence-corrected chi connectivity index (χ2v) is 5.99. The zero-order chi connectivity index (χ0) is 19.0. The molecule has 0 saturated carbocycles. The van der Waals surface area contributed by atoms with Crippen LogP contribution in [0.1, 0.15) is 11.1 Å². The topological polar surface area (TPSA) is 82.7 Å². The van der Waals surface area contributed by atoms with Crippen molar-refractivity contribution in [1.82, 2.24) is 9.97 Å². The number of methoxy groups -OCH3 is 3. The number of ether oxygens (including phenoxy) is 4. The number of hydrogen-bond acceptors (Lipinski definition) is 6. The molecule has 27 heavy (non-hydrogen) atoms. The molecule has 3 aromatic rings. The summed E-state index contributed by atoms with van der Waals surface area (Å²) in [5.74, 6) is 2.84. The van der Waals surface area contributed by atoms with Crippen LogP contribution < -0.4 is 24.5 Å².